The summed E-state index contributed by atoms with van der Waals surface area (Å²) in [4.78, 5) is 14.8. The zero-order valence-corrected chi connectivity index (χ0v) is 10.7. The van der Waals surface area contributed by atoms with Gasteiger partial charge in [-0.05, 0) is 6.42 Å². The van der Waals surface area contributed by atoms with Gasteiger partial charge in [0.2, 0.25) is 0 Å². The molecule has 0 saturated carbocycles. The van der Waals surface area contributed by atoms with Crippen LogP contribution in [0.1, 0.15) is 13.3 Å². The lowest BCUT2D eigenvalue weighted by molar-refractivity contribution is -0.384. The van der Waals surface area contributed by atoms with Crippen LogP contribution in [0.2, 0.25) is 0 Å². The topological polar surface area (TPSA) is 98.8 Å². The molecule has 2 rings (SSSR count). The molecule has 0 amide bonds. The van der Waals surface area contributed by atoms with Gasteiger partial charge in [-0.1, -0.05) is 12.1 Å². The van der Waals surface area contributed by atoms with Crippen molar-refractivity contribution >= 4 is 11.5 Å². The van der Waals surface area contributed by atoms with Crippen LogP contribution in [-0.2, 0) is 6.54 Å². The number of nitrogens with zero attached hydrogens (tertiary/aromatic N) is 5. The number of aromatic nitrogens is 4. The summed E-state index contributed by atoms with van der Waals surface area (Å²) in [6.07, 6.45) is 2.45. The first-order valence-electron chi connectivity index (χ1n) is 5.88. The Morgan fingerprint density at radius 1 is 1.47 bits per heavy atom. The maximum Gasteiger partial charge on any atom is 0.275 e. The monoisotopic (exact) mass is 262 g/mol. The predicted molar refractivity (Wildman–Crippen MR) is 69.7 cm³/mol. The lowest BCUT2D eigenvalue weighted by Gasteiger charge is -2.06. The Morgan fingerprint density at radius 3 is 2.89 bits per heavy atom. The summed E-state index contributed by atoms with van der Waals surface area (Å²) in [5, 5.41) is 21.5. The fourth-order valence-electron chi connectivity index (χ4n) is 1.71. The first kappa shape index (κ1) is 12.9. The fraction of sp³-hybridized carbons (Fsp3) is 0.364. The molecule has 0 bridgehead atoms. The highest BCUT2D eigenvalue weighted by Crippen LogP contribution is 2.24. The van der Waals surface area contributed by atoms with E-state index in [9.17, 15) is 10.1 Å². The third-order valence-corrected chi connectivity index (χ3v) is 2.59. The molecule has 0 aliphatic carbocycles. The predicted octanol–water partition coefficient (Wildman–Crippen LogP) is 1.70. The van der Waals surface area contributed by atoms with Gasteiger partial charge in [-0.15, -0.1) is 5.10 Å². The first-order chi connectivity index (χ1) is 9.15. The summed E-state index contributed by atoms with van der Waals surface area (Å²) in [6.45, 7) is 2.71. The molecule has 0 aromatic carbocycles. The van der Waals surface area contributed by atoms with Crippen molar-refractivity contribution in [2.75, 3.05) is 12.4 Å². The van der Waals surface area contributed by atoms with E-state index in [0.717, 1.165) is 6.42 Å². The van der Waals surface area contributed by atoms with Crippen LogP contribution in [0.4, 0.5) is 11.5 Å². The smallest absolute Gasteiger partial charge is 0.275 e. The molecule has 1 N–H and O–H groups in total. The fourth-order valence-corrected chi connectivity index (χ4v) is 1.71. The van der Waals surface area contributed by atoms with E-state index in [0.29, 0.717) is 23.8 Å². The summed E-state index contributed by atoms with van der Waals surface area (Å²) in [6, 6.07) is 2.81. The Hall–Kier alpha value is -2.51. The molecule has 19 heavy (non-hydrogen) atoms. The van der Waals surface area contributed by atoms with E-state index in [2.05, 4.69) is 20.6 Å². The van der Waals surface area contributed by atoms with Gasteiger partial charge in [0.05, 0.1) is 22.9 Å². The summed E-state index contributed by atoms with van der Waals surface area (Å²) >= 11 is 0. The van der Waals surface area contributed by atoms with E-state index in [1.165, 1.54) is 12.1 Å². The molecule has 0 fully saturated rings. The number of nitrogens with one attached hydrogen (secondary N) is 1. The average Bonchev–Trinajstić information content (AvgIpc) is 2.87. The summed E-state index contributed by atoms with van der Waals surface area (Å²) in [5.74, 6) is 0.438. The van der Waals surface area contributed by atoms with Crippen molar-refractivity contribution in [3.05, 3.63) is 28.4 Å². The van der Waals surface area contributed by atoms with Crippen LogP contribution >= 0.6 is 0 Å². The zero-order chi connectivity index (χ0) is 13.8. The molecule has 100 valence electrons. The molecule has 2 heterocycles. The third-order valence-electron chi connectivity index (χ3n) is 2.59. The minimum absolute atomic E-state index is 0.0152. The summed E-state index contributed by atoms with van der Waals surface area (Å²) < 4.78 is 1.69. The second-order valence-electron chi connectivity index (χ2n) is 3.95. The highest BCUT2D eigenvalue weighted by atomic mass is 16.6. The number of rotatable bonds is 5. The molecule has 0 aliphatic heterocycles. The van der Waals surface area contributed by atoms with Crippen LogP contribution in [0.25, 0.3) is 11.4 Å². The second kappa shape index (κ2) is 5.42. The molecule has 0 atom stereocenters. The van der Waals surface area contributed by atoms with E-state index in [-0.39, 0.29) is 5.69 Å². The highest BCUT2D eigenvalue weighted by molar-refractivity contribution is 5.61. The van der Waals surface area contributed by atoms with Crippen LogP contribution in [0, 0.1) is 10.1 Å². The zero-order valence-electron chi connectivity index (χ0n) is 10.7. The molecule has 0 spiro atoms. The van der Waals surface area contributed by atoms with E-state index < -0.39 is 4.92 Å². The Labute approximate surface area is 109 Å². The van der Waals surface area contributed by atoms with Crippen LogP contribution in [0.5, 0.6) is 0 Å². The molecule has 2 aromatic heterocycles. The number of aryl methyl sites for hydroxylation is 1. The van der Waals surface area contributed by atoms with Gasteiger partial charge in [-0.2, -0.15) is 0 Å². The van der Waals surface area contributed by atoms with Gasteiger partial charge >= 0.3 is 0 Å². The van der Waals surface area contributed by atoms with Crippen molar-refractivity contribution in [2.45, 2.75) is 19.9 Å². The number of nitro groups is 1. The SMILES string of the molecule is CCCn1nncc1-c1cc([N+](=O)[O-])cc(NC)n1. The number of pyridine rings is 1. The van der Waals surface area contributed by atoms with Gasteiger partial charge in [-0.25, -0.2) is 9.67 Å². The molecule has 0 unspecified atom stereocenters. The molecule has 0 radical (unpaired) electrons. The van der Waals surface area contributed by atoms with Gasteiger partial charge in [0.1, 0.15) is 11.5 Å². The minimum atomic E-state index is -0.444. The van der Waals surface area contributed by atoms with Crippen molar-refractivity contribution in [3.63, 3.8) is 0 Å². The molecule has 8 heteroatoms. The van der Waals surface area contributed by atoms with Crippen molar-refractivity contribution < 1.29 is 4.92 Å². The van der Waals surface area contributed by atoms with Gasteiger partial charge in [0, 0.05) is 19.7 Å². The van der Waals surface area contributed by atoms with Crippen LogP contribution < -0.4 is 5.32 Å². The largest absolute Gasteiger partial charge is 0.373 e. The minimum Gasteiger partial charge on any atom is -0.373 e. The first-order valence-corrected chi connectivity index (χ1v) is 5.88. The third kappa shape index (κ3) is 2.67. The quantitative estimate of drug-likeness (QED) is 0.650. The standard InChI is InChI=1S/C11H14N6O2/c1-3-4-16-10(7-13-15-16)9-5-8(17(18)19)6-11(12-2)14-9/h5-7H,3-4H2,1-2H3,(H,12,14). The maximum atomic E-state index is 10.9. The highest BCUT2D eigenvalue weighted by Gasteiger charge is 2.15. The number of hydrogen-bond acceptors (Lipinski definition) is 6. The molecular formula is C11H14N6O2. The Morgan fingerprint density at radius 2 is 2.26 bits per heavy atom. The number of anilines is 1. The van der Waals surface area contributed by atoms with Crippen LogP contribution in [0.3, 0.4) is 0 Å². The van der Waals surface area contributed by atoms with Gasteiger partial charge in [0.15, 0.2) is 0 Å². The lowest BCUT2D eigenvalue weighted by atomic mass is 10.2. The Bertz CT molecular complexity index is 595. The van der Waals surface area contributed by atoms with Crippen molar-refractivity contribution in [1.82, 2.24) is 20.0 Å². The molecule has 0 aliphatic rings. The van der Waals surface area contributed by atoms with Crippen LogP contribution in [0.15, 0.2) is 18.3 Å². The Kier molecular flexibility index (Phi) is 3.69. The Balaban J connectivity index is 2.51. The van der Waals surface area contributed by atoms with E-state index in [1.807, 2.05) is 6.92 Å². The van der Waals surface area contributed by atoms with Gasteiger partial charge in [-0.3, -0.25) is 10.1 Å². The molecular weight excluding hydrogens is 248 g/mol. The summed E-state index contributed by atoms with van der Waals surface area (Å²) in [5.41, 5.74) is 1.14. The number of hydrogen-bond donors (Lipinski definition) is 1. The summed E-state index contributed by atoms with van der Waals surface area (Å²) in [7, 11) is 1.66. The van der Waals surface area contributed by atoms with E-state index >= 15 is 0 Å². The lowest BCUT2D eigenvalue weighted by Crippen LogP contribution is -2.04. The average molecular weight is 262 g/mol. The van der Waals surface area contributed by atoms with Gasteiger partial charge in [0.25, 0.3) is 5.69 Å². The van der Waals surface area contributed by atoms with Gasteiger partial charge < -0.3 is 5.32 Å². The van der Waals surface area contributed by atoms with Crippen molar-refractivity contribution in [1.29, 1.82) is 0 Å². The molecule has 2 aromatic rings. The van der Waals surface area contributed by atoms with E-state index in [4.69, 9.17) is 0 Å². The second-order valence-corrected chi connectivity index (χ2v) is 3.95. The van der Waals surface area contributed by atoms with Crippen molar-refractivity contribution in [2.24, 2.45) is 0 Å². The normalized spacial score (nSPS) is 10.4. The maximum absolute atomic E-state index is 10.9. The van der Waals surface area contributed by atoms with Crippen LogP contribution in [-0.4, -0.2) is 31.9 Å². The molecule has 0 saturated heterocycles. The molecule has 8 nitrogen and oxygen atoms in total. The van der Waals surface area contributed by atoms with Crippen molar-refractivity contribution in [3.8, 4) is 11.4 Å². The van der Waals surface area contributed by atoms with E-state index in [1.54, 1.807) is 17.9 Å².